The van der Waals surface area contributed by atoms with E-state index in [0.717, 1.165) is 47.7 Å². The average molecular weight is 583 g/mol. The van der Waals surface area contributed by atoms with Crippen molar-refractivity contribution in [3.8, 4) is 5.75 Å². The Labute approximate surface area is 257 Å². The molecule has 3 aliphatic rings. The first-order chi connectivity index (χ1) is 21.6. The summed E-state index contributed by atoms with van der Waals surface area (Å²) in [6.45, 7) is 3.26. The van der Waals surface area contributed by atoms with Crippen molar-refractivity contribution in [2.75, 3.05) is 45.1 Å². The van der Waals surface area contributed by atoms with E-state index in [0.29, 0.717) is 36.1 Å². The molecule has 1 amide bonds. The van der Waals surface area contributed by atoms with Gasteiger partial charge in [0.1, 0.15) is 18.0 Å². The predicted octanol–water partition coefficient (Wildman–Crippen LogP) is 6.05. The third-order valence-corrected chi connectivity index (χ3v) is 8.28. The van der Waals surface area contributed by atoms with Crippen molar-refractivity contribution < 1.29 is 9.53 Å². The van der Waals surface area contributed by atoms with Crippen LogP contribution in [0.15, 0.2) is 118 Å². The first-order valence-electron chi connectivity index (χ1n) is 15.1. The number of hydrogen-bond donors (Lipinski definition) is 1. The number of likely N-dealkylation sites (N-methyl/N-ethyl adjacent to an activating group) is 1. The zero-order valence-electron chi connectivity index (χ0n) is 24.7. The molecule has 1 fully saturated rings. The Morgan fingerprint density at radius 2 is 1.50 bits per heavy atom. The Balaban J connectivity index is 1.12. The van der Waals surface area contributed by atoms with E-state index in [9.17, 15) is 4.79 Å². The molecule has 1 atom stereocenters. The molecule has 0 radical (unpaired) electrons. The van der Waals surface area contributed by atoms with E-state index >= 15 is 0 Å². The van der Waals surface area contributed by atoms with Crippen LogP contribution in [0, 0.1) is 0 Å². The third kappa shape index (κ3) is 5.89. The number of amides is 1. The number of carbonyl (C=O) groups excluding carboxylic acids is 1. The monoisotopic (exact) mass is 582 g/mol. The number of aliphatic imine (C=N–C) groups is 3. The molecule has 1 N–H and O–H groups in total. The molecule has 7 rings (SSSR count). The maximum atomic E-state index is 13.5. The lowest BCUT2D eigenvalue weighted by Crippen LogP contribution is -2.49. The zero-order valence-corrected chi connectivity index (χ0v) is 24.7. The molecule has 1 saturated heterocycles. The highest BCUT2D eigenvalue weighted by Crippen LogP contribution is 2.35. The first-order valence-corrected chi connectivity index (χ1v) is 15.1. The maximum absolute atomic E-state index is 13.5. The fraction of sp³-hybridized carbons (Fsp3) is 0.222. The number of piperazine rings is 1. The molecule has 220 valence electrons. The van der Waals surface area contributed by atoms with E-state index < -0.39 is 0 Å². The minimum Gasteiger partial charge on any atom is -0.441 e. The van der Waals surface area contributed by atoms with Gasteiger partial charge in [-0.3, -0.25) is 14.8 Å². The lowest BCUT2D eigenvalue weighted by atomic mass is 9.97. The summed E-state index contributed by atoms with van der Waals surface area (Å²) in [5, 5.41) is 3.69. The number of nitrogens with zero attached hydrogens (tertiary/aromatic N) is 5. The lowest BCUT2D eigenvalue weighted by Gasteiger charge is -2.32. The van der Waals surface area contributed by atoms with Crippen molar-refractivity contribution in [2.45, 2.75) is 12.5 Å². The van der Waals surface area contributed by atoms with Crippen LogP contribution >= 0.6 is 0 Å². The minimum absolute atomic E-state index is 0.0552. The lowest BCUT2D eigenvalue weighted by molar-refractivity contribution is -0.125. The van der Waals surface area contributed by atoms with Crippen LogP contribution in [0.4, 0.5) is 17.1 Å². The van der Waals surface area contributed by atoms with E-state index in [2.05, 4.69) is 47.6 Å². The molecule has 0 bridgehead atoms. The number of nitrogens with one attached hydrogen (secondary N) is 1. The zero-order chi connectivity index (χ0) is 29.9. The summed E-state index contributed by atoms with van der Waals surface area (Å²) in [5.74, 6) is 1.04. The molecule has 1 unspecified atom stereocenters. The van der Waals surface area contributed by atoms with Crippen molar-refractivity contribution in [1.82, 2.24) is 9.80 Å². The first kappa shape index (κ1) is 27.7. The highest BCUT2D eigenvalue weighted by molar-refractivity contribution is 6.46. The Hall–Kier alpha value is -5.08. The van der Waals surface area contributed by atoms with Gasteiger partial charge in [0.25, 0.3) is 5.91 Å². The molecule has 8 heteroatoms. The highest BCUT2D eigenvalue weighted by Gasteiger charge is 2.27. The van der Waals surface area contributed by atoms with E-state index in [-0.39, 0.29) is 18.5 Å². The number of rotatable bonds is 4. The molecule has 4 aromatic carbocycles. The Bertz CT molecular complexity index is 1760. The second kappa shape index (κ2) is 12.3. The van der Waals surface area contributed by atoms with Gasteiger partial charge in [-0.25, -0.2) is 4.99 Å². The Morgan fingerprint density at radius 1 is 0.795 bits per heavy atom. The smallest absolute Gasteiger partial charge is 0.272 e. The standard InChI is InChI=1S/C36H34N6O2/c1-41-19-21-42(22-20-41)36(43)35-28-11-5-6-12-29(28)40-34(24-37-35)44-27-17-15-26(16-18-27)33-23-32(25-9-3-2-4-10-25)38-30-13-7-8-14-31(30)39-33/h2-18,32,38H,19-24H2,1H3. The van der Waals surface area contributed by atoms with Crippen LogP contribution in [0.5, 0.6) is 5.75 Å². The van der Waals surface area contributed by atoms with Crippen molar-refractivity contribution in [3.05, 3.63) is 120 Å². The van der Waals surface area contributed by atoms with Crippen LogP contribution < -0.4 is 10.1 Å². The third-order valence-electron chi connectivity index (χ3n) is 8.28. The van der Waals surface area contributed by atoms with Gasteiger partial charge in [-0.05, 0) is 60.6 Å². The van der Waals surface area contributed by atoms with Gasteiger partial charge in [-0.1, -0.05) is 60.7 Å². The minimum atomic E-state index is -0.0552. The van der Waals surface area contributed by atoms with E-state index in [1.165, 1.54) is 5.56 Å². The van der Waals surface area contributed by atoms with Crippen LogP contribution in [0.1, 0.15) is 29.2 Å². The fourth-order valence-corrected chi connectivity index (χ4v) is 5.81. The number of benzene rings is 4. The summed E-state index contributed by atoms with van der Waals surface area (Å²) in [6.07, 6.45) is 0.737. The number of anilines is 1. The molecule has 3 heterocycles. The molecular weight excluding hydrogens is 548 g/mol. The summed E-state index contributed by atoms with van der Waals surface area (Å²) in [4.78, 5) is 32.2. The number of ether oxygens (including phenoxy) is 1. The quantitative estimate of drug-likeness (QED) is 0.318. The molecular formula is C36H34N6O2. The van der Waals surface area contributed by atoms with Crippen molar-refractivity contribution in [3.63, 3.8) is 0 Å². The predicted molar refractivity (Wildman–Crippen MR) is 176 cm³/mol. The molecule has 0 saturated carbocycles. The Morgan fingerprint density at radius 3 is 2.30 bits per heavy atom. The van der Waals surface area contributed by atoms with Gasteiger partial charge < -0.3 is 19.9 Å². The number of hydrogen-bond acceptors (Lipinski definition) is 7. The molecule has 0 aromatic heterocycles. The summed E-state index contributed by atoms with van der Waals surface area (Å²) in [5.41, 5.74) is 7.05. The van der Waals surface area contributed by atoms with E-state index in [1.54, 1.807) is 0 Å². The van der Waals surface area contributed by atoms with E-state index in [4.69, 9.17) is 19.7 Å². The highest BCUT2D eigenvalue weighted by atomic mass is 16.5. The normalized spacial score (nSPS) is 18.3. The number of fused-ring (bicyclic) bond motifs is 2. The summed E-state index contributed by atoms with van der Waals surface area (Å²) >= 11 is 0. The van der Waals surface area contributed by atoms with Crippen LogP contribution in [-0.2, 0) is 4.79 Å². The number of carbonyl (C=O) groups is 1. The molecule has 44 heavy (non-hydrogen) atoms. The maximum Gasteiger partial charge on any atom is 0.272 e. The van der Waals surface area contributed by atoms with Gasteiger partial charge >= 0.3 is 0 Å². The van der Waals surface area contributed by atoms with Crippen molar-refractivity contribution in [2.24, 2.45) is 15.0 Å². The molecule has 8 nitrogen and oxygen atoms in total. The largest absolute Gasteiger partial charge is 0.441 e. The fourth-order valence-electron chi connectivity index (χ4n) is 5.81. The van der Waals surface area contributed by atoms with Crippen molar-refractivity contribution in [1.29, 1.82) is 0 Å². The number of para-hydroxylation sites is 3. The topological polar surface area (TPSA) is 81.9 Å². The van der Waals surface area contributed by atoms with Crippen LogP contribution in [-0.4, -0.2) is 72.8 Å². The van der Waals surface area contributed by atoms with Gasteiger partial charge in [0.05, 0.1) is 28.8 Å². The van der Waals surface area contributed by atoms with Crippen LogP contribution in [0.25, 0.3) is 0 Å². The SMILES string of the molecule is CN1CCN(C(=O)C2=NCC(Oc3ccc(C4=Nc5ccccc5NC(c5ccccc5)C4)cc3)=Nc3ccccc32)CC1. The van der Waals surface area contributed by atoms with Gasteiger partial charge in [0.2, 0.25) is 5.90 Å². The van der Waals surface area contributed by atoms with E-state index in [1.807, 2.05) is 77.7 Å². The Kier molecular flexibility index (Phi) is 7.73. The summed E-state index contributed by atoms with van der Waals surface area (Å²) in [6, 6.07) is 34.4. The second-order valence-electron chi connectivity index (χ2n) is 11.3. The van der Waals surface area contributed by atoms with Crippen LogP contribution in [0.2, 0.25) is 0 Å². The van der Waals surface area contributed by atoms with Crippen molar-refractivity contribution >= 4 is 40.3 Å². The second-order valence-corrected chi connectivity index (χ2v) is 11.3. The van der Waals surface area contributed by atoms with Gasteiger partial charge in [-0.15, -0.1) is 0 Å². The summed E-state index contributed by atoms with van der Waals surface area (Å²) in [7, 11) is 2.08. The molecule has 4 aromatic rings. The molecule has 0 aliphatic carbocycles. The molecule has 0 spiro atoms. The average Bonchev–Trinajstić information content (AvgIpc) is 3.38. The van der Waals surface area contributed by atoms with Gasteiger partial charge in [-0.2, -0.15) is 0 Å². The summed E-state index contributed by atoms with van der Waals surface area (Å²) < 4.78 is 6.25. The van der Waals surface area contributed by atoms with Crippen LogP contribution in [0.3, 0.4) is 0 Å². The van der Waals surface area contributed by atoms with Gasteiger partial charge in [0, 0.05) is 38.2 Å². The van der Waals surface area contributed by atoms with Gasteiger partial charge in [0.15, 0.2) is 0 Å². The molecule has 3 aliphatic heterocycles.